The Balaban J connectivity index is 3.11. The van der Waals surface area contributed by atoms with E-state index in [1.165, 1.54) is 0 Å². The number of benzene rings is 1. The molecule has 0 saturated carbocycles. The van der Waals surface area contributed by atoms with Crippen molar-refractivity contribution in [2.24, 2.45) is 5.73 Å². The number of hydrogen-bond acceptors (Lipinski definition) is 7. The van der Waals surface area contributed by atoms with E-state index in [1.807, 2.05) is 20.8 Å². The van der Waals surface area contributed by atoms with Gasteiger partial charge in [-0.3, -0.25) is 9.59 Å². The summed E-state index contributed by atoms with van der Waals surface area (Å²) in [6.07, 6.45) is -1.27. The fourth-order valence-electron chi connectivity index (χ4n) is 2.98. The molecular formula is C26H41N3O7. The van der Waals surface area contributed by atoms with Crippen LogP contribution in [0.25, 0.3) is 0 Å². The Morgan fingerprint density at radius 2 is 1.31 bits per heavy atom. The van der Waals surface area contributed by atoms with Gasteiger partial charge in [-0.15, -0.1) is 0 Å². The van der Waals surface area contributed by atoms with Crippen LogP contribution in [0, 0.1) is 0 Å². The van der Waals surface area contributed by atoms with Crippen LogP contribution < -0.4 is 21.1 Å². The van der Waals surface area contributed by atoms with Gasteiger partial charge in [0.25, 0.3) is 0 Å². The molecule has 1 aromatic carbocycles. The molecule has 0 unspecified atom stereocenters. The number of carbonyl (C=O) groups is 4. The molecule has 0 spiro atoms. The molecule has 1 aromatic rings. The van der Waals surface area contributed by atoms with E-state index in [0.717, 1.165) is 5.56 Å². The van der Waals surface area contributed by atoms with Gasteiger partial charge in [-0.05, 0) is 80.0 Å². The summed E-state index contributed by atoms with van der Waals surface area (Å²) in [6, 6.07) is 4.67. The summed E-state index contributed by atoms with van der Waals surface area (Å²) in [5, 5.41) is 4.94. The molecule has 0 aromatic heterocycles. The molecule has 0 saturated heterocycles. The van der Waals surface area contributed by atoms with Crippen molar-refractivity contribution in [3.8, 4) is 5.75 Å². The molecule has 10 nitrogen and oxygen atoms in total. The number of esters is 1. The second-order valence-electron chi connectivity index (χ2n) is 11.5. The number of ether oxygens (including phenoxy) is 3. The van der Waals surface area contributed by atoms with E-state index >= 15 is 0 Å². The molecule has 0 aliphatic rings. The molecule has 4 N–H and O–H groups in total. The lowest BCUT2D eigenvalue weighted by molar-refractivity contribution is -0.158. The number of primary amides is 1. The fraction of sp³-hybridized carbons (Fsp3) is 0.615. The highest BCUT2D eigenvalue weighted by molar-refractivity contribution is 5.93. The molecule has 0 fully saturated rings. The van der Waals surface area contributed by atoms with Crippen LogP contribution in [0.1, 0.15) is 74.3 Å². The highest BCUT2D eigenvalue weighted by Gasteiger charge is 2.32. The minimum Gasteiger partial charge on any atom is -0.488 e. The highest BCUT2D eigenvalue weighted by atomic mass is 16.6. The van der Waals surface area contributed by atoms with Crippen LogP contribution in [-0.2, 0) is 30.3 Å². The second kappa shape index (κ2) is 12.1. The first kappa shape index (κ1) is 30.7. The number of alkyl carbamates (subject to hydrolysis) is 1. The molecule has 1 rings (SSSR count). The summed E-state index contributed by atoms with van der Waals surface area (Å²) in [6.45, 7) is 15.9. The molecule has 0 aliphatic carbocycles. The smallest absolute Gasteiger partial charge is 0.408 e. The third kappa shape index (κ3) is 13.0. The van der Waals surface area contributed by atoms with Crippen LogP contribution in [-0.4, -0.2) is 52.8 Å². The van der Waals surface area contributed by atoms with Crippen LogP contribution in [0.2, 0.25) is 0 Å². The van der Waals surface area contributed by atoms with Crippen molar-refractivity contribution in [2.45, 2.75) is 104 Å². The average Bonchev–Trinajstić information content (AvgIpc) is 2.64. The van der Waals surface area contributed by atoms with Gasteiger partial charge in [-0.2, -0.15) is 0 Å². The molecule has 36 heavy (non-hydrogen) atoms. The zero-order valence-corrected chi connectivity index (χ0v) is 22.8. The summed E-state index contributed by atoms with van der Waals surface area (Å²) >= 11 is 0. The summed E-state index contributed by atoms with van der Waals surface area (Å²) in [5.74, 6) is -1.59. The van der Waals surface area contributed by atoms with Crippen molar-refractivity contribution in [3.63, 3.8) is 0 Å². The summed E-state index contributed by atoms with van der Waals surface area (Å²) in [7, 11) is 0. The van der Waals surface area contributed by atoms with E-state index in [-0.39, 0.29) is 12.0 Å². The van der Waals surface area contributed by atoms with E-state index in [0.29, 0.717) is 5.75 Å². The minimum absolute atomic E-state index is 0.103. The standard InChI is InChI=1S/C26H41N3O7/c1-24(2,3)34-17-12-10-16(11-13-17)14-19(22(32)35-25(4,5)6)28-21(31)18(15-20(27)30)29-23(33)36-26(7,8)9/h10-13,18-19H,14-15H2,1-9H3,(H2,27,30)(H,28,31)(H,29,33)/t18-,19-/m0/s1. The Morgan fingerprint density at radius 3 is 1.75 bits per heavy atom. The Morgan fingerprint density at radius 1 is 0.778 bits per heavy atom. The Bertz CT molecular complexity index is 923. The van der Waals surface area contributed by atoms with Gasteiger partial charge in [0.05, 0.1) is 6.42 Å². The lowest BCUT2D eigenvalue weighted by atomic mass is 10.0. The molecule has 10 heteroatoms. The maximum Gasteiger partial charge on any atom is 0.408 e. The Hall–Kier alpha value is -3.30. The van der Waals surface area contributed by atoms with Crippen molar-refractivity contribution >= 4 is 23.9 Å². The maximum absolute atomic E-state index is 13.0. The fourth-order valence-corrected chi connectivity index (χ4v) is 2.98. The van der Waals surface area contributed by atoms with Crippen LogP contribution in [0.4, 0.5) is 4.79 Å². The van der Waals surface area contributed by atoms with E-state index in [1.54, 1.807) is 65.8 Å². The molecule has 0 radical (unpaired) electrons. The lowest BCUT2D eigenvalue weighted by Crippen LogP contribution is -2.54. The van der Waals surface area contributed by atoms with Crippen LogP contribution >= 0.6 is 0 Å². The average molecular weight is 508 g/mol. The normalized spacial score (nSPS) is 13.7. The molecule has 0 bridgehead atoms. The first-order chi connectivity index (χ1) is 16.2. The predicted octanol–water partition coefficient (Wildman–Crippen LogP) is 3.00. The number of rotatable bonds is 9. The zero-order chi connectivity index (χ0) is 27.9. The van der Waals surface area contributed by atoms with Gasteiger partial charge in [0.2, 0.25) is 11.8 Å². The van der Waals surface area contributed by atoms with Gasteiger partial charge < -0.3 is 30.6 Å². The Kier molecular flexibility index (Phi) is 10.3. The van der Waals surface area contributed by atoms with Crippen LogP contribution in [0.5, 0.6) is 5.75 Å². The van der Waals surface area contributed by atoms with Gasteiger partial charge in [0.15, 0.2) is 0 Å². The monoisotopic (exact) mass is 507 g/mol. The van der Waals surface area contributed by atoms with E-state index in [4.69, 9.17) is 19.9 Å². The SMILES string of the molecule is CC(C)(C)OC(=O)N[C@@H](CC(N)=O)C(=O)N[C@@H](Cc1ccc(OC(C)(C)C)cc1)C(=O)OC(C)(C)C. The first-order valence-corrected chi connectivity index (χ1v) is 11.8. The first-order valence-electron chi connectivity index (χ1n) is 11.8. The number of nitrogens with one attached hydrogen (secondary N) is 2. The highest BCUT2D eigenvalue weighted by Crippen LogP contribution is 2.20. The predicted molar refractivity (Wildman–Crippen MR) is 135 cm³/mol. The van der Waals surface area contributed by atoms with E-state index in [2.05, 4.69) is 10.6 Å². The van der Waals surface area contributed by atoms with Crippen molar-refractivity contribution in [2.75, 3.05) is 0 Å². The van der Waals surface area contributed by atoms with Gasteiger partial charge in [0.1, 0.15) is 34.6 Å². The summed E-state index contributed by atoms with van der Waals surface area (Å²) < 4.78 is 16.5. The topological polar surface area (TPSA) is 146 Å². The van der Waals surface area contributed by atoms with Crippen LogP contribution in [0.15, 0.2) is 24.3 Å². The van der Waals surface area contributed by atoms with Gasteiger partial charge in [-0.25, -0.2) is 9.59 Å². The van der Waals surface area contributed by atoms with Gasteiger partial charge in [0, 0.05) is 6.42 Å². The lowest BCUT2D eigenvalue weighted by Gasteiger charge is -2.27. The maximum atomic E-state index is 13.0. The molecular weight excluding hydrogens is 466 g/mol. The quantitative estimate of drug-likeness (QED) is 0.436. The molecule has 2 atom stereocenters. The number of amides is 3. The van der Waals surface area contributed by atoms with E-state index in [9.17, 15) is 19.2 Å². The van der Waals surface area contributed by atoms with Gasteiger partial charge >= 0.3 is 12.1 Å². The third-order valence-electron chi connectivity index (χ3n) is 4.21. The van der Waals surface area contributed by atoms with Gasteiger partial charge in [-0.1, -0.05) is 12.1 Å². The second-order valence-corrected chi connectivity index (χ2v) is 11.5. The van der Waals surface area contributed by atoms with E-state index < -0.39 is 53.6 Å². The van der Waals surface area contributed by atoms with Crippen molar-refractivity contribution in [1.29, 1.82) is 0 Å². The summed E-state index contributed by atoms with van der Waals surface area (Å²) in [4.78, 5) is 49.8. The number of hydrogen-bond donors (Lipinski definition) is 3. The van der Waals surface area contributed by atoms with Crippen molar-refractivity contribution in [3.05, 3.63) is 29.8 Å². The molecule has 3 amide bonds. The Labute approximate surface area is 213 Å². The van der Waals surface area contributed by atoms with Crippen LogP contribution in [0.3, 0.4) is 0 Å². The molecule has 0 aliphatic heterocycles. The third-order valence-corrected chi connectivity index (χ3v) is 4.21. The largest absolute Gasteiger partial charge is 0.488 e. The number of carbonyl (C=O) groups excluding carboxylic acids is 4. The molecule has 202 valence electrons. The summed E-state index contributed by atoms with van der Waals surface area (Å²) in [5.41, 5.74) is 4.02. The minimum atomic E-state index is -1.34. The van der Waals surface area contributed by atoms with Crippen molar-refractivity contribution < 1.29 is 33.4 Å². The van der Waals surface area contributed by atoms with Crippen molar-refractivity contribution in [1.82, 2.24) is 10.6 Å². The zero-order valence-electron chi connectivity index (χ0n) is 22.8. The number of nitrogens with two attached hydrogens (primary N) is 1. The molecule has 0 heterocycles.